The van der Waals surface area contributed by atoms with Gasteiger partial charge in [0.15, 0.2) is 0 Å². The molecule has 2 heterocycles. The number of methoxy groups -OCH3 is 1. The van der Waals surface area contributed by atoms with E-state index in [1.54, 1.807) is 18.2 Å². The highest BCUT2D eigenvalue weighted by Crippen LogP contribution is 2.29. The first kappa shape index (κ1) is 16.7. The molecule has 1 N–H and O–H groups in total. The van der Waals surface area contributed by atoms with Gasteiger partial charge in [0.05, 0.1) is 16.1 Å². The first-order chi connectivity index (χ1) is 11.0. The number of hydrogen-bond donors (Lipinski definition) is 1. The van der Waals surface area contributed by atoms with E-state index in [1.165, 1.54) is 24.5 Å². The number of nitrogens with one attached hydrogen (secondary N) is 1. The molecule has 2 aromatic heterocycles. The smallest absolute Gasteiger partial charge is 0.242 e. The van der Waals surface area contributed by atoms with E-state index in [-0.39, 0.29) is 11.4 Å². The number of benzene rings is 1. The third-order valence-electron chi connectivity index (χ3n) is 3.19. The highest BCUT2D eigenvalue weighted by atomic mass is 35.5. The molecule has 0 fully saturated rings. The van der Waals surface area contributed by atoms with Crippen molar-refractivity contribution < 1.29 is 13.2 Å². The summed E-state index contributed by atoms with van der Waals surface area (Å²) in [5.74, 6) is 0. The molecule has 1 atom stereocenters. The largest absolute Gasteiger partial charge is 0.375 e. The molecule has 0 bridgehead atoms. The molecular weight excluding hydrogens is 378 g/mol. The van der Waals surface area contributed by atoms with Crippen LogP contribution in [0, 0.1) is 0 Å². The summed E-state index contributed by atoms with van der Waals surface area (Å²) in [6, 6.07) is 8.45. The lowest BCUT2D eigenvalue weighted by molar-refractivity contribution is 0.110. The number of aromatic nitrogens is 2. The Hall–Kier alpha value is -1.10. The van der Waals surface area contributed by atoms with Crippen LogP contribution < -0.4 is 4.72 Å². The Labute approximate surface area is 146 Å². The zero-order chi connectivity index (χ0) is 16.4. The fourth-order valence-electron chi connectivity index (χ4n) is 2.06. The van der Waals surface area contributed by atoms with Crippen LogP contribution in [0.5, 0.6) is 0 Å². The minimum Gasteiger partial charge on any atom is -0.375 e. The van der Waals surface area contributed by atoms with Crippen LogP contribution in [0.1, 0.15) is 11.0 Å². The van der Waals surface area contributed by atoms with Gasteiger partial charge in [-0.3, -0.25) is 0 Å². The normalized spacial score (nSPS) is 13.5. The standard InChI is InChI=1S/C13H12ClN3O3S3/c1-20-9(10-5-6-12(14)21-10)7-15-23(18,19)11-4-2-3-8-13(11)17-22-16-8/h2-6,9,15H,7H2,1H3/t9-/m1/s1. The number of fused-ring (bicyclic) bond motifs is 1. The van der Waals surface area contributed by atoms with Crippen LogP contribution in [0.4, 0.5) is 0 Å². The predicted octanol–water partition coefficient (Wildman–Crippen LogP) is 3.07. The van der Waals surface area contributed by atoms with Crippen molar-refractivity contribution >= 4 is 55.7 Å². The molecule has 3 rings (SSSR count). The molecule has 23 heavy (non-hydrogen) atoms. The van der Waals surface area contributed by atoms with Crippen molar-refractivity contribution in [2.45, 2.75) is 11.0 Å². The molecule has 0 saturated heterocycles. The molecule has 0 amide bonds. The minimum absolute atomic E-state index is 0.101. The van der Waals surface area contributed by atoms with Gasteiger partial charge in [-0.15, -0.1) is 11.3 Å². The van der Waals surface area contributed by atoms with Crippen molar-refractivity contribution in [2.75, 3.05) is 13.7 Å². The Balaban J connectivity index is 1.82. The monoisotopic (exact) mass is 389 g/mol. The zero-order valence-electron chi connectivity index (χ0n) is 11.9. The van der Waals surface area contributed by atoms with Crippen LogP contribution in [0.25, 0.3) is 11.0 Å². The molecule has 122 valence electrons. The number of sulfonamides is 1. The molecule has 0 aliphatic carbocycles. The van der Waals surface area contributed by atoms with Crippen LogP contribution in [0.15, 0.2) is 35.2 Å². The molecule has 10 heteroatoms. The summed E-state index contributed by atoms with van der Waals surface area (Å²) >= 11 is 8.25. The minimum atomic E-state index is -3.72. The zero-order valence-corrected chi connectivity index (χ0v) is 15.1. The Morgan fingerprint density at radius 3 is 2.83 bits per heavy atom. The second-order valence-corrected chi connectivity index (χ2v) is 8.62. The van der Waals surface area contributed by atoms with Gasteiger partial charge >= 0.3 is 0 Å². The van der Waals surface area contributed by atoms with Crippen LogP contribution in [0.3, 0.4) is 0 Å². The molecule has 0 aliphatic rings. The van der Waals surface area contributed by atoms with Crippen molar-refractivity contribution in [1.29, 1.82) is 0 Å². The molecule has 0 radical (unpaired) electrons. The van der Waals surface area contributed by atoms with Crippen LogP contribution in [-0.4, -0.2) is 30.8 Å². The van der Waals surface area contributed by atoms with Crippen LogP contribution in [-0.2, 0) is 14.8 Å². The van der Waals surface area contributed by atoms with Gasteiger partial charge in [0.1, 0.15) is 22.0 Å². The molecule has 0 saturated carbocycles. The van der Waals surface area contributed by atoms with Gasteiger partial charge in [-0.05, 0) is 24.3 Å². The highest BCUT2D eigenvalue weighted by Gasteiger charge is 2.22. The number of nitrogens with zero attached hydrogens (tertiary/aromatic N) is 2. The fraction of sp³-hybridized carbons (Fsp3) is 0.231. The lowest BCUT2D eigenvalue weighted by Gasteiger charge is -2.15. The van der Waals surface area contributed by atoms with Gasteiger partial charge in [0.2, 0.25) is 10.0 Å². The molecule has 0 spiro atoms. The summed E-state index contributed by atoms with van der Waals surface area (Å²) in [7, 11) is -2.19. The Morgan fingerprint density at radius 2 is 2.13 bits per heavy atom. The van der Waals surface area contributed by atoms with E-state index in [2.05, 4.69) is 13.5 Å². The fourth-order valence-corrected chi connectivity index (χ4v) is 5.00. The quantitative estimate of drug-likeness (QED) is 0.700. The van der Waals surface area contributed by atoms with Crippen molar-refractivity contribution in [3.63, 3.8) is 0 Å². The van der Waals surface area contributed by atoms with E-state index in [0.717, 1.165) is 16.6 Å². The first-order valence-electron chi connectivity index (χ1n) is 6.50. The maximum Gasteiger partial charge on any atom is 0.242 e. The second-order valence-electron chi connectivity index (χ2n) is 4.61. The average Bonchev–Trinajstić information content (AvgIpc) is 3.16. The van der Waals surface area contributed by atoms with Crippen molar-refractivity contribution in [3.05, 3.63) is 39.5 Å². The summed E-state index contributed by atoms with van der Waals surface area (Å²) in [4.78, 5) is 0.969. The molecule has 0 unspecified atom stereocenters. The third-order valence-corrected chi connectivity index (χ3v) is 6.51. The number of thiophene rings is 1. The van der Waals surface area contributed by atoms with Gasteiger partial charge in [-0.2, -0.15) is 8.75 Å². The predicted molar refractivity (Wildman–Crippen MR) is 91.7 cm³/mol. The van der Waals surface area contributed by atoms with Crippen LogP contribution >= 0.6 is 34.7 Å². The summed E-state index contributed by atoms with van der Waals surface area (Å²) in [5.41, 5.74) is 0.935. The third kappa shape index (κ3) is 3.54. The number of hydrogen-bond acceptors (Lipinski definition) is 7. The number of ether oxygens (including phenoxy) is 1. The van der Waals surface area contributed by atoms with E-state index in [0.29, 0.717) is 15.4 Å². The van der Waals surface area contributed by atoms with E-state index >= 15 is 0 Å². The maximum atomic E-state index is 12.5. The maximum absolute atomic E-state index is 12.5. The lowest BCUT2D eigenvalue weighted by Crippen LogP contribution is -2.29. The molecular formula is C13H12ClN3O3S3. The molecule has 6 nitrogen and oxygen atoms in total. The number of halogens is 1. The Bertz CT molecular complexity index is 923. The topological polar surface area (TPSA) is 81.2 Å². The van der Waals surface area contributed by atoms with Gasteiger partial charge in [0.25, 0.3) is 0 Å². The molecule has 1 aromatic carbocycles. The lowest BCUT2D eigenvalue weighted by atomic mass is 10.3. The van der Waals surface area contributed by atoms with Gasteiger partial charge < -0.3 is 4.74 Å². The Morgan fingerprint density at radius 1 is 1.30 bits per heavy atom. The highest BCUT2D eigenvalue weighted by molar-refractivity contribution is 7.89. The summed E-state index contributed by atoms with van der Waals surface area (Å²) in [6.45, 7) is 0.101. The Kier molecular flexibility index (Phi) is 4.95. The van der Waals surface area contributed by atoms with E-state index in [1.807, 2.05) is 6.07 Å². The summed E-state index contributed by atoms with van der Waals surface area (Å²) in [5, 5.41) is 0. The molecule has 3 aromatic rings. The first-order valence-corrected chi connectivity index (χ1v) is 9.91. The SMILES string of the molecule is CO[C@H](CNS(=O)(=O)c1cccc2nsnc12)c1ccc(Cl)s1. The second kappa shape index (κ2) is 6.80. The number of rotatable bonds is 6. The van der Waals surface area contributed by atoms with E-state index in [9.17, 15) is 8.42 Å². The van der Waals surface area contributed by atoms with E-state index in [4.69, 9.17) is 16.3 Å². The average molecular weight is 390 g/mol. The van der Waals surface area contributed by atoms with Gasteiger partial charge in [-0.25, -0.2) is 13.1 Å². The van der Waals surface area contributed by atoms with Gasteiger partial charge in [-0.1, -0.05) is 17.7 Å². The summed E-state index contributed by atoms with van der Waals surface area (Å²) < 4.78 is 41.8. The van der Waals surface area contributed by atoms with E-state index < -0.39 is 16.1 Å². The van der Waals surface area contributed by atoms with Crippen LogP contribution in [0.2, 0.25) is 4.34 Å². The summed E-state index contributed by atoms with van der Waals surface area (Å²) in [6.07, 6.45) is -0.407. The van der Waals surface area contributed by atoms with Crippen molar-refractivity contribution in [3.8, 4) is 0 Å². The van der Waals surface area contributed by atoms with Crippen molar-refractivity contribution in [1.82, 2.24) is 13.5 Å². The van der Waals surface area contributed by atoms with Crippen molar-refractivity contribution in [2.24, 2.45) is 0 Å². The molecule has 0 aliphatic heterocycles. The van der Waals surface area contributed by atoms with Gasteiger partial charge in [0, 0.05) is 18.5 Å².